The van der Waals surface area contributed by atoms with Crippen molar-refractivity contribution >= 4 is 0 Å². The molecule has 0 aliphatic rings. The molecule has 0 heterocycles. The van der Waals surface area contributed by atoms with Gasteiger partial charge in [0, 0.05) is 0 Å². The second-order valence-electron chi connectivity index (χ2n) is 7.91. The molecule has 0 N–H and O–H groups in total. The highest BCUT2D eigenvalue weighted by atomic mass is 14.1. The number of hydrogen-bond donors (Lipinski definition) is 0. The maximum Gasteiger partial charge on any atom is -0.0443 e. The highest BCUT2D eigenvalue weighted by Gasteiger charge is 2.07. The average molecular weight is 283 g/mol. The standard InChI is InChI=1S/C20H42/c1-7-18(4)12-9-14-20(6)16-10-15-19(5)13-8-11-17(2)3/h17-20H,7-16H2,1-6H3/t18-,19+,20-/m1/s1. The van der Waals surface area contributed by atoms with E-state index in [-0.39, 0.29) is 0 Å². The summed E-state index contributed by atoms with van der Waals surface area (Å²) in [5.74, 6) is 3.71. The molecule has 20 heavy (non-hydrogen) atoms. The maximum absolute atomic E-state index is 2.46. The zero-order valence-corrected chi connectivity index (χ0v) is 15.4. The number of hydrogen-bond acceptors (Lipinski definition) is 0. The Kier molecular flexibility index (Phi) is 12.7. The van der Waals surface area contributed by atoms with Crippen molar-refractivity contribution in [2.24, 2.45) is 23.7 Å². The van der Waals surface area contributed by atoms with E-state index in [1.807, 2.05) is 0 Å². The predicted octanol–water partition coefficient (Wildman–Crippen LogP) is 7.47. The van der Waals surface area contributed by atoms with Crippen molar-refractivity contribution in [1.29, 1.82) is 0 Å². The molecule has 0 aromatic rings. The van der Waals surface area contributed by atoms with E-state index in [0.717, 1.165) is 23.7 Å². The molecule has 0 saturated heterocycles. The Labute approximate surface area is 130 Å². The van der Waals surface area contributed by atoms with E-state index in [4.69, 9.17) is 0 Å². The third-order valence-electron chi connectivity index (χ3n) is 4.96. The monoisotopic (exact) mass is 282 g/mol. The second kappa shape index (κ2) is 12.7. The fourth-order valence-electron chi connectivity index (χ4n) is 3.00. The van der Waals surface area contributed by atoms with Gasteiger partial charge in [0.1, 0.15) is 0 Å². The first-order valence-electron chi connectivity index (χ1n) is 9.45. The first-order valence-corrected chi connectivity index (χ1v) is 9.45. The van der Waals surface area contributed by atoms with Crippen LogP contribution in [0.2, 0.25) is 0 Å². The van der Waals surface area contributed by atoms with Crippen LogP contribution in [0.3, 0.4) is 0 Å². The molecule has 0 amide bonds. The zero-order chi connectivity index (χ0) is 15.4. The molecule has 0 aromatic heterocycles. The lowest BCUT2D eigenvalue weighted by atomic mass is 9.91. The van der Waals surface area contributed by atoms with E-state index in [9.17, 15) is 0 Å². The van der Waals surface area contributed by atoms with Gasteiger partial charge in [-0.3, -0.25) is 0 Å². The Hall–Kier alpha value is 0. The summed E-state index contributed by atoms with van der Waals surface area (Å²) in [5.41, 5.74) is 0. The maximum atomic E-state index is 2.46. The molecular weight excluding hydrogens is 240 g/mol. The van der Waals surface area contributed by atoms with Crippen LogP contribution in [-0.4, -0.2) is 0 Å². The van der Waals surface area contributed by atoms with Gasteiger partial charge in [0.05, 0.1) is 0 Å². The lowest BCUT2D eigenvalue weighted by Crippen LogP contribution is -2.01. The summed E-state index contributed by atoms with van der Waals surface area (Å²) in [5, 5.41) is 0. The van der Waals surface area contributed by atoms with Crippen LogP contribution < -0.4 is 0 Å². The predicted molar refractivity (Wildman–Crippen MR) is 94.2 cm³/mol. The molecule has 122 valence electrons. The Morgan fingerprint density at radius 3 is 1.20 bits per heavy atom. The highest BCUT2D eigenvalue weighted by Crippen LogP contribution is 2.22. The van der Waals surface area contributed by atoms with Crippen LogP contribution in [0, 0.1) is 23.7 Å². The normalized spacial score (nSPS) is 16.4. The smallest absolute Gasteiger partial charge is 0.0443 e. The van der Waals surface area contributed by atoms with Crippen molar-refractivity contribution in [3.8, 4) is 0 Å². The molecule has 0 rings (SSSR count). The van der Waals surface area contributed by atoms with Gasteiger partial charge in [-0.05, 0) is 23.7 Å². The van der Waals surface area contributed by atoms with Gasteiger partial charge < -0.3 is 0 Å². The van der Waals surface area contributed by atoms with Crippen LogP contribution in [0.5, 0.6) is 0 Å². The average Bonchev–Trinajstić information content (AvgIpc) is 2.38. The van der Waals surface area contributed by atoms with E-state index in [1.54, 1.807) is 0 Å². The largest absolute Gasteiger partial charge is 0.0651 e. The SMILES string of the molecule is CC[C@@H](C)CCC[C@@H](C)CCC[C@@H](C)CCCC(C)C. The lowest BCUT2D eigenvalue weighted by molar-refractivity contribution is 0.376. The van der Waals surface area contributed by atoms with E-state index in [2.05, 4.69) is 41.5 Å². The molecule has 0 heteroatoms. The summed E-state index contributed by atoms with van der Waals surface area (Å²) >= 11 is 0. The fourth-order valence-corrected chi connectivity index (χ4v) is 3.00. The summed E-state index contributed by atoms with van der Waals surface area (Å²) < 4.78 is 0. The molecule has 0 fully saturated rings. The van der Waals surface area contributed by atoms with E-state index >= 15 is 0 Å². The summed E-state index contributed by atoms with van der Waals surface area (Å²) in [6.07, 6.45) is 14.3. The van der Waals surface area contributed by atoms with Crippen molar-refractivity contribution in [2.75, 3.05) is 0 Å². The van der Waals surface area contributed by atoms with E-state index in [0.29, 0.717) is 0 Å². The molecule has 0 unspecified atom stereocenters. The van der Waals surface area contributed by atoms with Crippen molar-refractivity contribution in [3.05, 3.63) is 0 Å². The van der Waals surface area contributed by atoms with E-state index < -0.39 is 0 Å². The van der Waals surface area contributed by atoms with Gasteiger partial charge in [0.15, 0.2) is 0 Å². The second-order valence-corrected chi connectivity index (χ2v) is 7.91. The molecule has 0 radical (unpaired) electrons. The Morgan fingerprint density at radius 2 is 0.850 bits per heavy atom. The van der Waals surface area contributed by atoms with Gasteiger partial charge in [-0.15, -0.1) is 0 Å². The minimum atomic E-state index is 0.882. The Bertz CT molecular complexity index is 194. The van der Waals surface area contributed by atoms with Crippen LogP contribution in [0.25, 0.3) is 0 Å². The molecule has 0 aliphatic heterocycles. The molecule has 0 bridgehead atoms. The van der Waals surface area contributed by atoms with Crippen molar-refractivity contribution in [3.63, 3.8) is 0 Å². The lowest BCUT2D eigenvalue weighted by Gasteiger charge is -2.15. The van der Waals surface area contributed by atoms with Gasteiger partial charge >= 0.3 is 0 Å². The van der Waals surface area contributed by atoms with Crippen LogP contribution in [0.4, 0.5) is 0 Å². The van der Waals surface area contributed by atoms with Crippen LogP contribution in [0.15, 0.2) is 0 Å². The summed E-state index contributed by atoms with van der Waals surface area (Å²) in [6.45, 7) is 14.3. The van der Waals surface area contributed by atoms with Gasteiger partial charge in [0.2, 0.25) is 0 Å². The summed E-state index contributed by atoms with van der Waals surface area (Å²) in [7, 11) is 0. The first-order chi connectivity index (χ1) is 9.45. The van der Waals surface area contributed by atoms with Crippen LogP contribution in [0.1, 0.15) is 106 Å². The highest BCUT2D eigenvalue weighted by molar-refractivity contribution is 4.60. The van der Waals surface area contributed by atoms with Crippen LogP contribution >= 0.6 is 0 Å². The Morgan fingerprint density at radius 1 is 0.500 bits per heavy atom. The molecule has 0 saturated carbocycles. The summed E-state index contributed by atoms with van der Waals surface area (Å²) in [6, 6.07) is 0. The molecule has 0 aliphatic carbocycles. The number of rotatable bonds is 13. The third-order valence-corrected chi connectivity index (χ3v) is 4.96. The van der Waals surface area contributed by atoms with Gasteiger partial charge in [0.25, 0.3) is 0 Å². The first kappa shape index (κ1) is 20.0. The van der Waals surface area contributed by atoms with Crippen molar-refractivity contribution in [2.45, 2.75) is 106 Å². The van der Waals surface area contributed by atoms with Crippen molar-refractivity contribution < 1.29 is 0 Å². The fraction of sp³-hybridized carbons (Fsp3) is 1.00. The molecule has 3 atom stereocenters. The quantitative estimate of drug-likeness (QED) is 0.328. The molecule has 0 nitrogen and oxygen atoms in total. The van der Waals surface area contributed by atoms with Gasteiger partial charge in [-0.2, -0.15) is 0 Å². The zero-order valence-electron chi connectivity index (χ0n) is 15.4. The van der Waals surface area contributed by atoms with Gasteiger partial charge in [-0.25, -0.2) is 0 Å². The topological polar surface area (TPSA) is 0 Å². The molecular formula is C20H42. The van der Waals surface area contributed by atoms with Gasteiger partial charge in [-0.1, -0.05) is 106 Å². The molecule has 0 spiro atoms. The molecule has 0 aromatic carbocycles. The Balaban J connectivity index is 3.43. The minimum Gasteiger partial charge on any atom is -0.0651 e. The summed E-state index contributed by atoms with van der Waals surface area (Å²) in [4.78, 5) is 0. The van der Waals surface area contributed by atoms with Crippen LogP contribution in [-0.2, 0) is 0 Å². The minimum absolute atomic E-state index is 0.882. The van der Waals surface area contributed by atoms with E-state index in [1.165, 1.54) is 64.2 Å². The van der Waals surface area contributed by atoms with Crippen molar-refractivity contribution in [1.82, 2.24) is 0 Å². The third kappa shape index (κ3) is 13.0.